The lowest BCUT2D eigenvalue weighted by molar-refractivity contribution is 0.0354. The lowest BCUT2D eigenvalue weighted by atomic mass is 9.98. The minimum absolute atomic E-state index is 0.261. The van der Waals surface area contributed by atoms with Crippen LogP contribution in [0.3, 0.4) is 0 Å². The fourth-order valence-electron chi connectivity index (χ4n) is 1.97. The average Bonchev–Trinajstić information content (AvgIpc) is 2.35. The number of carbonyl (C=O) groups excluding carboxylic acids is 1. The van der Waals surface area contributed by atoms with Crippen molar-refractivity contribution in [2.45, 2.75) is 46.1 Å². The van der Waals surface area contributed by atoms with Crippen LogP contribution < -0.4 is 10.6 Å². The van der Waals surface area contributed by atoms with Gasteiger partial charge in [0.05, 0.1) is 5.60 Å². The fourth-order valence-corrected chi connectivity index (χ4v) is 1.97. The highest BCUT2D eigenvalue weighted by Crippen LogP contribution is 2.15. The molecule has 2 amide bonds. The predicted octanol–water partition coefficient (Wildman–Crippen LogP) is 2.98. The monoisotopic (exact) mass is 264 g/mol. The predicted molar refractivity (Wildman–Crippen MR) is 78.5 cm³/mol. The Labute approximate surface area is 115 Å². The van der Waals surface area contributed by atoms with Gasteiger partial charge in [-0.3, -0.25) is 0 Å². The van der Waals surface area contributed by atoms with Crippen LogP contribution in [-0.4, -0.2) is 23.3 Å². The van der Waals surface area contributed by atoms with Crippen LogP contribution in [-0.2, 0) is 0 Å². The molecule has 0 radical (unpaired) electrons. The Bertz CT molecular complexity index is 420. The van der Waals surface area contributed by atoms with Crippen LogP contribution in [0.2, 0.25) is 0 Å². The average molecular weight is 264 g/mol. The van der Waals surface area contributed by atoms with Crippen molar-refractivity contribution in [2.24, 2.45) is 0 Å². The quantitative estimate of drug-likeness (QED) is 0.765. The van der Waals surface area contributed by atoms with E-state index in [1.807, 2.05) is 39.8 Å². The fraction of sp³-hybridized carbons (Fsp3) is 0.533. The van der Waals surface area contributed by atoms with Crippen LogP contribution in [0, 0.1) is 13.8 Å². The first-order valence-corrected chi connectivity index (χ1v) is 6.74. The van der Waals surface area contributed by atoms with Crippen LogP contribution in [0.4, 0.5) is 10.5 Å². The minimum atomic E-state index is -0.820. The Kier molecular flexibility index (Phi) is 5.36. The standard InChI is InChI=1S/C15H24N2O2/c1-5-15(19,6-2)10-16-14(18)17-13-8-11(3)7-12(4)9-13/h7-9,19H,5-6,10H2,1-4H3,(H2,16,17,18). The normalized spacial score (nSPS) is 11.2. The van der Waals surface area contributed by atoms with Gasteiger partial charge >= 0.3 is 6.03 Å². The summed E-state index contributed by atoms with van der Waals surface area (Å²) < 4.78 is 0. The molecule has 3 N–H and O–H groups in total. The van der Waals surface area contributed by atoms with Crippen molar-refractivity contribution in [2.75, 3.05) is 11.9 Å². The van der Waals surface area contributed by atoms with Crippen molar-refractivity contribution >= 4 is 11.7 Å². The van der Waals surface area contributed by atoms with Crippen molar-refractivity contribution in [1.82, 2.24) is 5.32 Å². The van der Waals surface area contributed by atoms with Gasteiger partial charge in [-0.05, 0) is 49.9 Å². The van der Waals surface area contributed by atoms with Crippen LogP contribution in [0.25, 0.3) is 0 Å². The summed E-state index contributed by atoms with van der Waals surface area (Å²) in [5.74, 6) is 0. The van der Waals surface area contributed by atoms with Crippen LogP contribution in [0.1, 0.15) is 37.8 Å². The molecule has 0 aliphatic heterocycles. The molecule has 0 bridgehead atoms. The molecule has 0 atom stereocenters. The number of urea groups is 1. The number of rotatable bonds is 5. The zero-order chi connectivity index (χ0) is 14.5. The van der Waals surface area contributed by atoms with Crippen molar-refractivity contribution in [3.8, 4) is 0 Å². The van der Waals surface area contributed by atoms with Gasteiger partial charge in [0.2, 0.25) is 0 Å². The first-order chi connectivity index (χ1) is 8.88. The van der Waals surface area contributed by atoms with Crippen molar-refractivity contribution in [3.05, 3.63) is 29.3 Å². The summed E-state index contributed by atoms with van der Waals surface area (Å²) in [6.07, 6.45) is 1.24. The molecular formula is C15H24N2O2. The van der Waals surface area contributed by atoms with Gasteiger partial charge in [-0.25, -0.2) is 4.79 Å². The Hall–Kier alpha value is -1.55. The van der Waals surface area contributed by atoms with Gasteiger partial charge in [0, 0.05) is 12.2 Å². The van der Waals surface area contributed by atoms with E-state index < -0.39 is 5.60 Å². The van der Waals surface area contributed by atoms with Gasteiger partial charge in [-0.15, -0.1) is 0 Å². The molecule has 0 aromatic heterocycles. The Morgan fingerprint density at radius 3 is 2.16 bits per heavy atom. The number of benzene rings is 1. The molecule has 0 aliphatic carbocycles. The molecule has 0 spiro atoms. The van der Waals surface area contributed by atoms with Crippen molar-refractivity contribution in [3.63, 3.8) is 0 Å². The molecule has 1 aromatic rings. The van der Waals surface area contributed by atoms with Crippen molar-refractivity contribution in [1.29, 1.82) is 0 Å². The lowest BCUT2D eigenvalue weighted by Gasteiger charge is -2.25. The third-order valence-corrected chi connectivity index (χ3v) is 3.37. The molecule has 1 aromatic carbocycles. The van der Waals surface area contributed by atoms with E-state index in [9.17, 15) is 9.90 Å². The number of amides is 2. The smallest absolute Gasteiger partial charge is 0.319 e. The number of hydrogen-bond acceptors (Lipinski definition) is 2. The van der Waals surface area contributed by atoms with E-state index in [4.69, 9.17) is 0 Å². The molecular weight excluding hydrogens is 240 g/mol. The maximum absolute atomic E-state index is 11.8. The second-order valence-electron chi connectivity index (χ2n) is 5.12. The molecule has 0 aliphatic rings. The molecule has 4 nitrogen and oxygen atoms in total. The van der Waals surface area contributed by atoms with E-state index in [2.05, 4.69) is 16.7 Å². The van der Waals surface area contributed by atoms with E-state index in [-0.39, 0.29) is 12.6 Å². The number of anilines is 1. The molecule has 0 unspecified atom stereocenters. The molecule has 19 heavy (non-hydrogen) atoms. The summed E-state index contributed by atoms with van der Waals surface area (Å²) in [6, 6.07) is 5.60. The van der Waals surface area contributed by atoms with Gasteiger partial charge in [-0.1, -0.05) is 19.9 Å². The molecule has 0 heterocycles. The number of carbonyl (C=O) groups is 1. The highest BCUT2D eigenvalue weighted by molar-refractivity contribution is 5.89. The van der Waals surface area contributed by atoms with E-state index in [0.717, 1.165) is 16.8 Å². The zero-order valence-electron chi connectivity index (χ0n) is 12.2. The van der Waals surface area contributed by atoms with Gasteiger partial charge in [-0.2, -0.15) is 0 Å². The maximum atomic E-state index is 11.8. The zero-order valence-corrected chi connectivity index (χ0v) is 12.2. The minimum Gasteiger partial charge on any atom is -0.388 e. The van der Waals surface area contributed by atoms with E-state index in [1.54, 1.807) is 0 Å². The van der Waals surface area contributed by atoms with E-state index in [1.165, 1.54) is 0 Å². The summed E-state index contributed by atoms with van der Waals surface area (Å²) in [7, 11) is 0. The topological polar surface area (TPSA) is 61.4 Å². The van der Waals surface area contributed by atoms with Gasteiger partial charge in [0.25, 0.3) is 0 Å². The third-order valence-electron chi connectivity index (χ3n) is 3.37. The summed E-state index contributed by atoms with van der Waals surface area (Å²) >= 11 is 0. The second kappa shape index (κ2) is 6.57. The van der Waals surface area contributed by atoms with Crippen LogP contribution in [0.5, 0.6) is 0 Å². The lowest BCUT2D eigenvalue weighted by Crippen LogP contribution is -2.43. The number of aliphatic hydroxyl groups is 1. The molecule has 106 valence electrons. The number of nitrogens with one attached hydrogen (secondary N) is 2. The first-order valence-electron chi connectivity index (χ1n) is 6.74. The molecule has 4 heteroatoms. The number of hydrogen-bond donors (Lipinski definition) is 3. The van der Waals surface area contributed by atoms with Crippen LogP contribution in [0.15, 0.2) is 18.2 Å². The summed E-state index contributed by atoms with van der Waals surface area (Å²) in [5, 5.41) is 15.6. The molecule has 0 fully saturated rings. The van der Waals surface area contributed by atoms with E-state index >= 15 is 0 Å². The first kappa shape index (κ1) is 15.5. The Morgan fingerprint density at radius 2 is 1.68 bits per heavy atom. The highest BCUT2D eigenvalue weighted by atomic mass is 16.3. The third kappa shape index (κ3) is 4.91. The Morgan fingerprint density at radius 1 is 1.16 bits per heavy atom. The molecule has 0 saturated heterocycles. The van der Waals surface area contributed by atoms with Crippen molar-refractivity contribution < 1.29 is 9.90 Å². The van der Waals surface area contributed by atoms with E-state index in [0.29, 0.717) is 12.8 Å². The van der Waals surface area contributed by atoms with Gasteiger partial charge in [0.15, 0.2) is 0 Å². The summed E-state index contributed by atoms with van der Waals surface area (Å²) in [4.78, 5) is 11.8. The summed E-state index contributed by atoms with van der Waals surface area (Å²) in [6.45, 7) is 8.06. The van der Waals surface area contributed by atoms with Crippen LogP contribution >= 0.6 is 0 Å². The number of aryl methyl sites for hydroxylation is 2. The Balaban J connectivity index is 2.56. The summed E-state index contributed by atoms with van der Waals surface area (Å²) in [5.41, 5.74) is 2.16. The molecule has 1 rings (SSSR count). The maximum Gasteiger partial charge on any atom is 0.319 e. The van der Waals surface area contributed by atoms with Gasteiger partial charge < -0.3 is 15.7 Å². The largest absolute Gasteiger partial charge is 0.388 e. The highest BCUT2D eigenvalue weighted by Gasteiger charge is 2.22. The SMILES string of the molecule is CCC(O)(CC)CNC(=O)Nc1cc(C)cc(C)c1. The second-order valence-corrected chi connectivity index (χ2v) is 5.12. The van der Waals surface area contributed by atoms with Gasteiger partial charge in [0.1, 0.15) is 0 Å². The molecule has 0 saturated carbocycles.